The molecule has 0 saturated heterocycles. The van der Waals surface area contributed by atoms with E-state index in [1.165, 1.54) is 85.5 Å². The van der Waals surface area contributed by atoms with Gasteiger partial charge in [0.1, 0.15) is 0 Å². The van der Waals surface area contributed by atoms with Gasteiger partial charge in [0.05, 0.1) is 5.69 Å². The summed E-state index contributed by atoms with van der Waals surface area (Å²) in [6, 6.07) is 73.6. The Morgan fingerprint density at radius 1 is 0.315 bits per heavy atom. The van der Waals surface area contributed by atoms with E-state index in [1.807, 2.05) is 11.3 Å². The molecule has 0 unspecified atom stereocenters. The number of nitrogens with zero attached hydrogens (tertiary/aromatic N) is 1. The van der Waals surface area contributed by atoms with Crippen LogP contribution in [0.3, 0.4) is 0 Å². The Hall–Kier alpha value is -6.74. The molecule has 252 valence electrons. The highest BCUT2D eigenvalue weighted by Gasteiger charge is 2.19. The number of anilines is 3. The lowest BCUT2D eigenvalue weighted by Crippen LogP contribution is -2.10. The van der Waals surface area contributed by atoms with Gasteiger partial charge in [0.15, 0.2) is 0 Å². The summed E-state index contributed by atoms with van der Waals surface area (Å²) in [5.74, 6) is 0. The number of benzene rings is 10. The van der Waals surface area contributed by atoms with E-state index in [1.54, 1.807) is 0 Å². The van der Waals surface area contributed by atoms with Crippen molar-refractivity contribution in [3.05, 3.63) is 200 Å². The summed E-state index contributed by atoms with van der Waals surface area (Å²) in [4.78, 5) is 2.45. The zero-order valence-corrected chi connectivity index (χ0v) is 30.2. The van der Waals surface area contributed by atoms with Crippen molar-refractivity contribution in [1.82, 2.24) is 0 Å². The van der Waals surface area contributed by atoms with Crippen LogP contribution in [-0.2, 0) is 0 Å². The normalized spacial score (nSPS) is 11.7. The highest BCUT2D eigenvalue weighted by atomic mass is 32.1. The van der Waals surface area contributed by atoms with Gasteiger partial charge in [-0.15, -0.1) is 11.3 Å². The standard InChI is InChI=1S/C52H33NS/c1-2-13-34(14-3-1)36-16-10-19-40(29-36)53(49-25-12-18-38-31-48-44-23-8-9-26-50(44)54-51(48)33-47(38)49)41-20-11-17-37(30-41)46-32-39-28-27-35-15-4-5-21-42(35)52(39)45-24-7-6-22-43(45)46/h1-33H. The monoisotopic (exact) mass is 703 g/mol. The zero-order chi connectivity index (χ0) is 35.6. The molecule has 0 aliphatic rings. The molecule has 11 rings (SSSR count). The van der Waals surface area contributed by atoms with Crippen LogP contribution in [0.25, 0.3) is 85.5 Å². The van der Waals surface area contributed by atoms with Gasteiger partial charge in [-0.05, 0) is 115 Å². The summed E-state index contributed by atoms with van der Waals surface area (Å²) in [7, 11) is 0. The average molecular weight is 704 g/mol. The number of thiophene rings is 1. The summed E-state index contributed by atoms with van der Waals surface area (Å²) >= 11 is 1.87. The van der Waals surface area contributed by atoms with Gasteiger partial charge in [-0.1, -0.05) is 146 Å². The lowest BCUT2D eigenvalue weighted by molar-refractivity contribution is 1.30. The van der Waals surface area contributed by atoms with Crippen molar-refractivity contribution in [2.75, 3.05) is 4.90 Å². The van der Waals surface area contributed by atoms with Crippen LogP contribution in [0, 0.1) is 0 Å². The Kier molecular flexibility index (Phi) is 7.11. The van der Waals surface area contributed by atoms with E-state index in [-0.39, 0.29) is 0 Å². The van der Waals surface area contributed by atoms with Gasteiger partial charge in [-0.2, -0.15) is 0 Å². The SMILES string of the molecule is c1ccc(-c2cccc(N(c3cccc(-c4cc5ccc6ccccc6c5c5ccccc45)c3)c3cccc4cc5c(cc34)sc3ccccc35)c2)cc1. The van der Waals surface area contributed by atoms with E-state index in [9.17, 15) is 0 Å². The molecule has 11 aromatic rings. The second-order valence-corrected chi connectivity index (χ2v) is 15.2. The first-order valence-electron chi connectivity index (χ1n) is 18.5. The minimum atomic E-state index is 1.12. The van der Waals surface area contributed by atoms with Crippen LogP contribution in [0.15, 0.2) is 200 Å². The van der Waals surface area contributed by atoms with Crippen molar-refractivity contribution >= 4 is 91.7 Å². The van der Waals surface area contributed by atoms with Crippen molar-refractivity contribution in [2.24, 2.45) is 0 Å². The number of fused-ring (bicyclic) bond motifs is 9. The summed E-state index contributed by atoms with van der Waals surface area (Å²) in [6.45, 7) is 0. The topological polar surface area (TPSA) is 3.24 Å². The second-order valence-electron chi connectivity index (χ2n) is 14.1. The number of rotatable bonds is 5. The fourth-order valence-corrected chi connectivity index (χ4v) is 9.61. The molecule has 1 nitrogen and oxygen atoms in total. The Bertz CT molecular complexity index is 3230. The Morgan fingerprint density at radius 3 is 1.80 bits per heavy atom. The van der Waals surface area contributed by atoms with Crippen molar-refractivity contribution in [3.8, 4) is 22.3 Å². The van der Waals surface area contributed by atoms with Crippen molar-refractivity contribution in [3.63, 3.8) is 0 Å². The molecule has 0 aliphatic heterocycles. The van der Waals surface area contributed by atoms with Crippen LogP contribution < -0.4 is 4.90 Å². The Morgan fingerprint density at radius 2 is 0.944 bits per heavy atom. The molecule has 0 spiro atoms. The molecule has 10 aromatic carbocycles. The van der Waals surface area contributed by atoms with E-state index in [0.717, 1.165) is 17.1 Å². The second kappa shape index (κ2) is 12.4. The summed E-state index contributed by atoms with van der Waals surface area (Å²) in [6.07, 6.45) is 0. The maximum absolute atomic E-state index is 2.45. The number of hydrogen-bond acceptors (Lipinski definition) is 2. The first kappa shape index (κ1) is 30.8. The molecule has 0 fully saturated rings. The van der Waals surface area contributed by atoms with E-state index < -0.39 is 0 Å². The van der Waals surface area contributed by atoms with Gasteiger partial charge in [0, 0.05) is 36.9 Å². The third-order valence-corrected chi connectivity index (χ3v) is 12.1. The molecule has 0 radical (unpaired) electrons. The summed E-state index contributed by atoms with van der Waals surface area (Å²) < 4.78 is 2.62. The third-order valence-electron chi connectivity index (χ3n) is 11.0. The smallest absolute Gasteiger partial charge is 0.0540 e. The highest BCUT2D eigenvalue weighted by Crippen LogP contribution is 2.45. The van der Waals surface area contributed by atoms with Gasteiger partial charge in [0.25, 0.3) is 0 Å². The van der Waals surface area contributed by atoms with E-state index in [4.69, 9.17) is 0 Å². The molecular formula is C52H33NS. The molecule has 0 N–H and O–H groups in total. The molecule has 0 aliphatic carbocycles. The van der Waals surface area contributed by atoms with Crippen molar-refractivity contribution < 1.29 is 0 Å². The Labute approximate surface area is 317 Å². The molecule has 1 aromatic heterocycles. The van der Waals surface area contributed by atoms with Crippen LogP contribution in [0.4, 0.5) is 17.1 Å². The van der Waals surface area contributed by atoms with E-state index in [2.05, 4.69) is 205 Å². The predicted octanol–water partition coefficient (Wildman–Crippen LogP) is 15.5. The molecule has 0 bridgehead atoms. The van der Waals surface area contributed by atoms with Crippen molar-refractivity contribution in [2.45, 2.75) is 0 Å². The average Bonchev–Trinajstić information content (AvgIpc) is 3.60. The maximum atomic E-state index is 2.45. The van der Waals surface area contributed by atoms with Gasteiger partial charge >= 0.3 is 0 Å². The van der Waals surface area contributed by atoms with Gasteiger partial charge in [0.2, 0.25) is 0 Å². The molecule has 1 heterocycles. The lowest BCUT2D eigenvalue weighted by Gasteiger charge is -2.28. The van der Waals surface area contributed by atoms with E-state index in [0.29, 0.717) is 0 Å². The highest BCUT2D eigenvalue weighted by molar-refractivity contribution is 7.25. The van der Waals surface area contributed by atoms with Crippen LogP contribution in [0.5, 0.6) is 0 Å². The third kappa shape index (κ3) is 4.99. The fourth-order valence-electron chi connectivity index (χ4n) is 8.49. The molecule has 0 atom stereocenters. The molecule has 0 saturated carbocycles. The van der Waals surface area contributed by atoms with Gasteiger partial charge in [-0.25, -0.2) is 0 Å². The molecule has 0 amide bonds. The van der Waals surface area contributed by atoms with E-state index >= 15 is 0 Å². The minimum absolute atomic E-state index is 1.12. The van der Waals surface area contributed by atoms with Crippen molar-refractivity contribution in [1.29, 1.82) is 0 Å². The quantitative estimate of drug-likeness (QED) is 0.161. The largest absolute Gasteiger partial charge is 0.310 e. The van der Waals surface area contributed by atoms with Gasteiger partial charge < -0.3 is 4.90 Å². The van der Waals surface area contributed by atoms with Crippen LogP contribution in [-0.4, -0.2) is 0 Å². The first-order valence-corrected chi connectivity index (χ1v) is 19.3. The molecule has 2 heteroatoms. The minimum Gasteiger partial charge on any atom is -0.310 e. The lowest BCUT2D eigenvalue weighted by atomic mass is 9.90. The molecule has 54 heavy (non-hydrogen) atoms. The summed E-state index contributed by atoms with van der Waals surface area (Å²) in [5, 5.41) is 12.8. The number of hydrogen-bond donors (Lipinski definition) is 0. The Balaban J connectivity index is 1.15. The fraction of sp³-hybridized carbons (Fsp3) is 0. The zero-order valence-electron chi connectivity index (χ0n) is 29.4. The van der Waals surface area contributed by atoms with Crippen LogP contribution in [0.2, 0.25) is 0 Å². The predicted molar refractivity (Wildman–Crippen MR) is 235 cm³/mol. The van der Waals surface area contributed by atoms with Crippen LogP contribution >= 0.6 is 11.3 Å². The molecular weight excluding hydrogens is 671 g/mol. The maximum Gasteiger partial charge on any atom is 0.0540 e. The first-order chi connectivity index (χ1) is 26.8. The summed E-state index contributed by atoms with van der Waals surface area (Å²) in [5.41, 5.74) is 8.20. The van der Waals surface area contributed by atoms with Gasteiger partial charge in [-0.3, -0.25) is 0 Å². The van der Waals surface area contributed by atoms with Crippen LogP contribution in [0.1, 0.15) is 0 Å².